The van der Waals surface area contributed by atoms with Crippen molar-refractivity contribution >= 4 is 11.9 Å². The smallest absolute Gasteiger partial charge is 0.339 e. The van der Waals surface area contributed by atoms with Gasteiger partial charge in [0.25, 0.3) is 0 Å². The summed E-state index contributed by atoms with van der Waals surface area (Å²) in [5, 5.41) is 0. The minimum Gasteiger partial charge on any atom is -0.462 e. The highest BCUT2D eigenvalue weighted by molar-refractivity contribution is 6.03. The van der Waals surface area contributed by atoms with Crippen LogP contribution < -0.4 is 0 Å². The maximum absolute atomic E-state index is 12.5. The van der Waals surface area contributed by atoms with Crippen LogP contribution in [0.5, 0.6) is 0 Å². The Morgan fingerprint density at radius 3 is 1.61 bits per heavy atom. The number of hydrogen-bond acceptors (Lipinski definition) is 4. The zero-order chi connectivity index (χ0) is 22.7. The van der Waals surface area contributed by atoms with Gasteiger partial charge in [-0.1, -0.05) is 110 Å². The third-order valence-electron chi connectivity index (χ3n) is 5.95. The summed E-state index contributed by atoms with van der Waals surface area (Å²) in [6, 6.07) is 6.76. The summed E-state index contributed by atoms with van der Waals surface area (Å²) in [7, 11) is 0. The minimum absolute atomic E-state index is 0.289. The van der Waals surface area contributed by atoms with Gasteiger partial charge in [0, 0.05) is 0 Å². The van der Waals surface area contributed by atoms with Crippen LogP contribution in [-0.2, 0) is 9.47 Å². The van der Waals surface area contributed by atoms with E-state index >= 15 is 0 Å². The molecular weight excluding hydrogens is 388 g/mol. The van der Waals surface area contributed by atoms with Gasteiger partial charge in [0.15, 0.2) is 0 Å². The molecule has 31 heavy (non-hydrogen) atoms. The van der Waals surface area contributed by atoms with Crippen molar-refractivity contribution in [2.45, 2.75) is 104 Å². The number of carbonyl (C=O) groups excluding carboxylic acids is 2. The van der Waals surface area contributed by atoms with E-state index in [1.54, 1.807) is 24.3 Å². The molecule has 0 unspecified atom stereocenters. The van der Waals surface area contributed by atoms with Crippen LogP contribution in [0.25, 0.3) is 0 Å². The van der Waals surface area contributed by atoms with Gasteiger partial charge in [0.05, 0.1) is 24.3 Å². The van der Waals surface area contributed by atoms with Crippen LogP contribution >= 0.6 is 0 Å². The summed E-state index contributed by atoms with van der Waals surface area (Å²) >= 11 is 0. The summed E-state index contributed by atoms with van der Waals surface area (Å²) in [4.78, 5) is 24.9. The number of hydrogen-bond donors (Lipinski definition) is 0. The van der Waals surface area contributed by atoms with Crippen LogP contribution in [-0.4, -0.2) is 25.2 Å². The molecule has 0 spiro atoms. The van der Waals surface area contributed by atoms with Crippen LogP contribution in [0.2, 0.25) is 0 Å². The van der Waals surface area contributed by atoms with Crippen molar-refractivity contribution in [1.82, 2.24) is 0 Å². The van der Waals surface area contributed by atoms with Gasteiger partial charge in [-0.15, -0.1) is 0 Å². The molecule has 0 aliphatic rings. The molecule has 0 bridgehead atoms. The molecule has 0 atom stereocenters. The van der Waals surface area contributed by atoms with Crippen molar-refractivity contribution in [2.24, 2.45) is 5.92 Å². The minimum atomic E-state index is -0.450. The lowest BCUT2D eigenvalue weighted by atomic mass is 10.0. The van der Waals surface area contributed by atoms with Crippen molar-refractivity contribution < 1.29 is 19.1 Å². The Hall–Kier alpha value is -1.84. The molecule has 176 valence electrons. The number of unbranched alkanes of at least 4 members (excludes halogenated alkanes) is 10. The Kier molecular flexibility index (Phi) is 15.6. The van der Waals surface area contributed by atoms with Crippen LogP contribution in [0.3, 0.4) is 0 Å². The highest BCUT2D eigenvalue weighted by atomic mass is 16.5. The third kappa shape index (κ3) is 11.9. The second kappa shape index (κ2) is 17.8. The summed E-state index contributed by atoms with van der Waals surface area (Å²) in [5.41, 5.74) is 0.581. The Morgan fingerprint density at radius 1 is 0.677 bits per heavy atom. The molecule has 0 saturated carbocycles. The first-order valence-electron chi connectivity index (χ1n) is 12.6. The van der Waals surface area contributed by atoms with Gasteiger partial charge in [-0.3, -0.25) is 0 Å². The Morgan fingerprint density at radius 2 is 1.13 bits per heavy atom. The molecule has 1 aromatic carbocycles. The van der Waals surface area contributed by atoms with Gasteiger partial charge in [-0.25, -0.2) is 9.59 Å². The van der Waals surface area contributed by atoms with E-state index < -0.39 is 11.9 Å². The third-order valence-corrected chi connectivity index (χ3v) is 5.95. The molecular formula is C27H44O4. The second-order valence-electron chi connectivity index (χ2n) is 8.50. The fourth-order valence-electron chi connectivity index (χ4n) is 3.64. The summed E-state index contributed by atoms with van der Waals surface area (Å²) in [6.07, 6.45) is 15.7. The number of carbonyl (C=O) groups is 2. The first-order valence-corrected chi connectivity index (χ1v) is 12.6. The van der Waals surface area contributed by atoms with Gasteiger partial charge < -0.3 is 9.47 Å². The van der Waals surface area contributed by atoms with Crippen molar-refractivity contribution in [3.63, 3.8) is 0 Å². The van der Waals surface area contributed by atoms with Gasteiger partial charge in [-0.05, 0) is 24.5 Å². The molecule has 4 heteroatoms. The highest BCUT2D eigenvalue weighted by Gasteiger charge is 2.19. The zero-order valence-corrected chi connectivity index (χ0v) is 20.1. The van der Waals surface area contributed by atoms with Crippen molar-refractivity contribution in [2.75, 3.05) is 13.2 Å². The predicted molar refractivity (Wildman–Crippen MR) is 128 cm³/mol. The SMILES string of the molecule is CCCCCCCCCCCCCOC(=O)c1ccccc1C(=O)OCC(CC)CC. The molecule has 0 aromatic heterocycles. The Balaban J connectivity index is 2.25. The van der Waals surface area contributed by atoms with E-state index in [2.05, 4.69) is 20.8 Å². The average molecular weight is 433 g/mol. The van der Waals surface area contributed by atoms with Crippen LogP contribution in [0.4, 0.5) is 0 Å². The number of esters is 2. The molecule has 0 saturated heterocycles. The maximum atomic E-state index is 12.5. The first-order chi connectivity index (χ1) is 15.1. The molecule has 0 heterocycles. The lowest BCUT2D eigenvalue weighted by Gasteiger charge is -2.14. The molecule has 0 aliphatic carbocycles. The highest BCUT2D eigenvalue weighted by Crippen LogP contribution is 2.15. The van der Waals surface area contributed by atoms with Crippen molar-refractivity contribution in [1.29, 1.82) is 0 Å². The normalized spacial score (nSPS) is 11.0. The molecule has 1 aromatic rings. The van der Waals surface area contributed by atoms with E-state index in [4.69, 9.17) is 9.47 Å². The van der Waals surface area contributed by atoms with Gasteiger partial charge in [0.1, 0.15) is 0 Å². The lowest BCUT2D eigenvalue weighted by Crippen LogP contribution is -2.17. The summed E-state index contributed by atoms with van der Waals surface area (Å²) in [6.45, 7) is 7.20. The molecule has 0 fully saturated rings. The fraction of sp³-hybridized carbons (Fsp3) is 0.704. The van der Waals surface area contributed by atoms with E-state index in [0.29, 0.717) is 24.7 Å². The van der Waals surface area contributed by atoms with Gasteiger partial charge >= 0.3 is 11.9 Å². The zero-order valence-electron chi connectivity index (χ0n) is 20.1. The fourth-order valence-corrected chi connectivity index (χ4v) is 3.64. The standard InChI is InChI=1S/C27H44O4/c1-4-7-8-9-10-11-12-13-14-15-18-21-30-26(28)24-19-16-17-20-25(24)27(29)31-22-23(5-2)6-3/h16-17,19-20,23H,4-15,18,21-22H2,1-3H3. The first kappa shape index (κ1) is 27.2. The van der Waals surface area contributed by atoms with E-state index in [1.165, 1.54) is 57.8 Å². The summed E-state index contributed by atoms with van der Waals surface area (Å²) in [5.74, 6) is -0.541. The van der Waals surface area contributed by atoms with Crippen molar-refractivity contribution in [3.05, 3.63) is 35.4 Å². The lowest BCUT2D eigenvalue weighted by molar-refractivity contribution is 0.0408. The molecule has 0 N–H and O–H groups in total. The van der Waals surface area contributed by atoms with Crippen LogP contribution in [0, 0.1) is 5.92 Å². The van der Waals surface area contributed by atoms with E-state index in [-0.39, 0.29) is 5.56 Å². The Bertz CT molecular complexity index is 607. The number of ether oxygens (including phenoxy) is 2. The Labute approximate surface area is 190 Å². The maximum Gasteiger partial charge on any atom is 0.339 e. The average Bonchev–Trinajstić information content (AvgIpc) is 2.80. The van der Waals surface area contributed by atoms with Crippen LogP contribution in [0.1, 0.15) is 125 Å². The van der Waals surface area contributed by atoms with Crippen LogP contribution in [0.15, 0.2) is 24.3 Å². The number of rotatable bonds is 18. The van der Waals surface area contributed by atoms with Gasteiger partial charge in [-0.2, -0.15) is 0 Å². The predicted octanol–water partition coefficient (Wildman–Crippen LogP) is 7.75. The number of benzene rings is 1. The van der Waals surface area contributed by atoms with Crippen molar-refractivity contribution in [3.8, 4) is 0 Å². The molecule has 4 nitrogen and oxygen atoms in total. The molecule has 0 amide bonds. The largest absolute Gasteiger partial charge is 0.462 e. The quantitative estimate of drug-likeness (QED) is 0.176. The summed E-state index contributed by atoms with van der Waals surface area (Å²) < 4.78 is 10.9. The molecule has 0 radical (unpaired) electrons. The van der Waals surface area contributed by atoms with E-state index in [0.717, 1.165) is 25.7 Å². The monoisotopic (exact) mass is 432 g/mol. The second-order valence-corrected chi connectivity index (χ2v) is 8.50. The molecule has 1 rings (SSSR count). The van der Waals surface area contributed by atoms with E-state index in [1.807, 2.05) is 0 Å². The molecule has 0 aliphatic heterocycles. The topological polar surface area (TPSA) is 52.6 Å². The van der Waals surface area contributed by atoms with Gasteiger partial charge in [0.2, 0.25) is 0 Å². The van der Waals surface area contributed by atoms with E-state index in [9.17, 15) is 9.59 Å².